The highest BCUT2D eigenvalue weighted by atomic mass is 35.5. The summed E-state index contributed by atoms with van der Waals surface area (Å²) in [6.45, 7) is 0. The van der Waals surface area contributed by atoms with Gasteiger partial charge in [0.25, 0.3) is 0 Å². The number of amides is 2. The molecule has 6 nitrogen and oxygen atoms in total. The van der Waals surface area contributed by atoms with Crippen molar-refractivity contribution < 1.29 is 9.59 Å². The van der Waals surface area contributed by atoms with E-state index in [1.807, 2.05) is 18.2 Å². The van der Waals surface area contributed by atoms with Crippen molar-refractivity contribution in [2.75, 3.05) is 29.2 Å². The molecule has 3 rings (SSSR count). The van der Waals surface area contributed by atoms with Gasteiger partial charge in [0.05, 0.1) is 6.04 Å². The first kappa shape index (κ1) is 21.6. The second-order valence-electron chi connectivity index (χ2n) is 6.63. The van der Waals surface area contributed by atoms with Crippen molar-refractivity contribution in [2.24, 2.45) is 0 Å². The highest BCUT2D eigenvalue weighted by Gasteiger charge is 2.24. The minimum Gasteiger partial charge on any atom is -0.359 e. The van der Waals surface area contributed by atoms with E-state index in [0.717, 1.165) is 23.9 Å². The maximum Gasteiger partial charge on any atom is 0.213 e. The number of nitrogens with zero attached hydrogens (tertiary/aromatic N) is 3. The highest BCUT2D eigenvalue weighted by Crippen LogP contribution is 2.39. The Balaban J connectivity index is 2.26. The molecule has 0 aliphatic rings. The van der Waals surface area contributed by atoms with Crippen LogP contribution < -0.4 is 15.1 Å². The fourth-order valence-corrected chi connectivity index (χ4v) is 3.55. The Hall–Kier alpha value is -3.09. The van der Waals surface area contributed by atoms with Crippen LogP contribution in [-0.4, -0.2) is 31.9 Å². The van der Waals surface area contributed by atoms with Gasteiger partial charge in [-0.05, 0) is 48.5 Å². The number of carbonyl (C=O) groups is 2. The van der Waals surface area contributed by atoms with Gasteiger partial charge in [-0.15, -0.1) is 0 Å². The number of carbonyl (C=O) groups excluding carboxylic acids is 2. The van der Waals surface area contributed by atoms with E-state index in [1.54, 1.807) is 56.7 Å². The Labute approximate surface area is 185 Å². The third-order valence-electron chi connectivity index (χ3n) is 4.63. The molecule has 0 saturated heterocycles. The summed E-state index contributed by atoms with van der Waals surface area (Å²) in [5.74, 6) is 0.613. The van der Waals surface area contributed by atoms with E-state index in [4.69, 9.17) is 23.2 Å². The fraction of sp³-hybridized carbons (Fsp3) is 0.136. The SMILES string of the molecule is CN(C=O)c1ccc(Cl)cc1C(Nc1ccccn1)c1cc(Cl)ccc1N(C)C=O. The standard InChI is InChI=1S/C22H20Cl2N4O2/c1-27(13-29)19-8-6-15(23)11-17(19)22(26-21-5-3-4-10-25-21)18-12-16(24)7-9-20(18)28(2)14-30/h3-14,22H,1-2H3,(H,25,26). The lowest BCUT2D eigenvalue weighted by atomic mass is 9.94. The van der Waals surface area contributed by atoms with Crippen molar-refractivity contribution in [3.8, 4) is 0 Å². The van der Waals surface area contributed by atoms with Gasteiger partial charge >= 0.3 is 0 Å². The van der Waals surface area contributed by atoms with Crippen molar-refractivity contribution in [2.45, 2.75) is 6.04 Å². The molecule has 8 heteroatoms. The molecule has 2 aromatic carbocycles. The molecule has 1 N–H and O–H groups in total. The number of aromatic nitrogens is 1. The molecule has 0 bridgehead atoms. The van der Waals surface area contributed by atoms with Gasteiger partial charge in [-0.25, -0.2) is 4.98 Å². The first-order valence-electron chi connectivity index (χ1n) is 9.07. The zero-order valence-corrected chi connectivity index (χ0v) is 17.9. The third-order valence-corrected chi connectivity index (χ3v) is 5.10. The summed E-state index contributed by atoms with van der Waals surface area (Å²) in [5.41, 5.74) is 2.76. The molecule has 0 fully saturated rings. The lowest BCUT2D eigenvalue weighted by Gasteiger charge is -2.28. The average Bonchev–Trinajstić information content (AvgIpc) is 2.77. The molecule has 0 aliphatic carbocycles. The van der Waals surface area contributed by atoms with Crippen LogP contribution in [0.3, 0.4) is 0 Å². The number of hydrogen-bond donors (Lipinski definition) is 1. The van der Waals surface area contributed by atoms with Crippen LogP contribution >= 0.6 is 23.2 Å². The summed E-state index contributed by atoms with van der Waals surface area (Å²) in [6, 6.07) is 15.5. The number of hydrogen-bond acceptors (Lipinski definition) is 4. The van der Waals surface area contributed by atoms with E-state index >= 15 is 0 Å². The van der Waals surface area contributed by atoms with Gasteiger partial charge in [0.15, 0.2) is 0 Å². The monoisotopic (exact) mass is 442 g/mol. The zero-order chi connectivity index (χ0) is 21.7. The second-order valence-corrected chi connectivity index (χ2v) is 7.50. The van der Waals surface area contributed by atoms with Crippen molar-refractivity contribution in [1.29, 1.82) is 0 Å². The Morgan fingerprint density at radius 3 is 1.83 bits per heavy atom. The van der Waals surface area contributed by atoms with Crippen molar-refractivity contribution in [1.82, 2.24) is 4.98 Å². The molecule has 154 valence electrons. The van der Waals surface area contributed by atoms with Crippen LogP contribution in [0.5, 0.6) is 0 Å². The fourth-order valence-electron chi connectivity index (χ4n) is 3.19. The average molecular weight is 443 g/mol. The van der Waals surface area contributed by atoms with E-state index < -0.39 is 6.04 Å². The Bertz CT molecular complexity index is 983. The van der Waals surface area contributed by atoms with Crippen LogP contribution in [0.25, 0.3) is 0 Å². The lowest BCUT2D eigenvalue weighted by molar-refractivity contribution is -0.107. The van der Waals surface area contributed by atoms with Crippen molar-refractivity contribution in [3.63, 3.8) is 0 Å². The van der Waals surface area contributed by atoms with E-state index in [1.165, 1.54) is 9.80 Å². The molecule has 0 unspecified atom stereocenters. The number of anilines is 3. The highest BCUT2D eigenvalue weighted by molar-refractivity contribution is 6.31. The number of rotatable bonds is 8. The van der Waals surface area contributed by atoms with Gasteiger partial charge in [-0.2, -0.15) is 0 Å². The van der Waals surface area contributed by atoms with Crippen LogP contribution in [0, 0.1) is 0 Å². The molecular formula is C22H20Cl2N4O2. The van der Waals surface area contributed by atoms with Gasteiger partial charge in [0, 0.05) is 52.8 Å². The first-order valence-corrected chi connectivity index (χ1v) is 9.83. The van der Waals surface area contributed by atoms with Crippen LogP contribution in [-0.2, 0) is 9.59 Å². The van der Waals surface area contributed by atoms with Crippen LogP contribution in [0.1, 0.15) is 17.2 Å². The third kappa shape index (κ3) is 4.72. The summed E-state index contributed by atoms with van der Waals surface area (Å²) >= 11 is 12.6. The minimum atomic E-state index is -0.507. The summed E-state index contributed by atoms with van der Waals surface area (Å²) in [5, 5.41) is 4.41. The summed E-state index contributed by atoms with van der Waals surface area (Å²) in [7, 11) is 3.32. The molecule has 0 aliphatic heterocycles. The minimum absolute atomic E-state index is 0.507. The topological polar surface area (TPSA) is 65.5 Å². The Kier molecular flexibility index (Phi) is 6.92. The molecule has 3 aromatic rings. The summed E-state index contributed by atoms with van der Waals surface area (Å²) < 4.78 is 0. The Morgan fingerprint density at radius 1 is 0.867 bits per heavy atom. The number of benzene rings is 2. The van der Waals surface area contributed by atoms with Gasteiger partial charge in [-0.3, -0.25) is 9.59 Å². The smallest absolute Gasteiger partial charge is 0.213 e. The van der Waals surface area contributed by atoms with Crippen LogP contribution in [0.2, 0.25) is 10.0 Å². The van der Waals surface area contributed by atoms with E-state index in [2.05, 4.69) is 10.3 Å². The van der Waals surface area contributed by atoms with E-state index in [0.29, 0.717) is 27.2 Å². The molecule has 0 atom stereocenters. The lowest BCUT2D eigenvalue weighted by Crippen LogP contribution is -2.23. The number of halogens is 2. The Morgan fingerprint density at radius 2 is 1.40 bits per heavy atom. The molecule has 0 spiro atoms. The normalized spacial score (nSPS) is 10.6. The molecule has 0 saturated carbocycles. The largest absolute Gasteiger partial charge is 0.359 e. The maximum absolute atomic E-state index is 11.5. The van der Waals surface area contributed by atoms with Crippen LogP contribution in [0.15, 0.2) is 60.8 Å². The quantitative estimate of drug-likeness (QED) is 0.510. The van der Waals surface area contributed by atoms with E-state index in [-0.39, 0.29) is 0 Å². The van der Waals surface area contributed by atoms with Gasteiger partial charge < -0.3 is 15.1 Å². The molecular weight excluding hydrogens is 423 g/mol. The summed E-state index contributed by atoms with van der Waals surface area (Å²) in [6.07, 6.45) is 3.12. The summed E-state index contributed by atoms with van der Waals surface area (Å²) in [4.78, 5) is 30.3. The number of nitrogens with one attached hydrogen (secondary N) is 1. The molecule has 2 amide bonds. The van der Waals surface area contributed by atoms with Crippen LogP contribution in [0.4, 0.5) is 17.2 Å². The predicted octanol–water partition coefficient (Wildman–Crippen LogP) is 4.78. The second kappa shape index (κ2) is 9.61. The maximum atomic E-state index is 11.5. The van der Waals surface area contributed by atoms with E-state index in [9.17, 15) is 9.59 Å². The van der Waals surface area contributed by atoms with Gasteiger partial charge in [-0.1, -0.05) is 29.3 Å². The number of pyridine rings is 1. The molecule has 0 radical (unpaired) electrons. The molecule has 1 heterocycles. The zero-order valence-electron chi connectivity index (χ0n) is 16.4. The van der Waals surface area contributed by atoms with Gasteiger partial charge in [0.2, 0.25) is 12.8 Å². The molecule has 1 aromatic heterocycles. The predicted molar refractivity (Wildman–Crippen MR) is 122 cm³/mol. The van der Waals surface area contributed by atoms with Crippen molar-refractivity contribution in [3.05, 3.63) is 82.0 Å². The molecule has 30 heavy (non-hydrogen) atoms. The van der Waals surface area contributed by atoms with Crippen molar-refractivity contribution >= 4 is 53.2 Å². The first-order chi connectivity index (χ1) is 14.4. The van der Waals surface area contributed by atoms with Gasteiger partial charge in [0.1, 0.15) is 5.82 Å².